The Morgan fingerprint density at radius 1 is 1.26 bits per heavy atom. The number of likely N-dealkylation sites (tertiary alicyclic amines) is 1. The number of phenols is 1. The van der Waals surface area contributed by atoms with Gasteiger partial charge in [0.15, 0.2) is 0 Å². The van der Waals surface area contributed by atoms with Crippen LogP contribution in [0, 0.1) is 23.2 Å². The fourth-order valence-electron chi connectivity index (χ4n) is 4.17. The van der Waals surface area contributed by atoms with Crippen molar-refractivity contribution < 1.29 is 15.0 Å². The summed E-state index contributed by atoms with van der Waals surface area (Å²) in [5.74, 6) is 1.22. The Labute approximate surface area is 206 Å². The summed E-state index contributed by atoms with van der Waals surface area (Å²) in [5, 5.41) is 29.8. The summed E-state index contributed by atoms with van der Waals surface area (Å²) < 4.78 is 0. The number of rotatable bonds is 5. The number of nitriles is 1. The molecule has 8 nitrogen and oxygen atoms in total. The van der Waals surface area contributed by atoms with Crippen molar-refractivity contribution in [2.75, 3.05) is 19.7 Å². The summed E-state index contributed by atoms with van der Waals surface area (Å²) in [6.07, 6.45) is 9.89. The van der Waals surface area contributed by atoms with Crippen LogP contribution >= 0.6 is 11.6 Å². The van der Waals surface area contributed by atoms with Gasteiger partial charge in [-0.1, -0.05) is 37.8 Å². The highest BCUT2D eigenvalue weighted by molar-refractivity contribution is 6.31. The third-order valence-electron chi connectivity index (χ3n) is 6.39. The van der Waals surface area contributed by atoms with Gasteiger partial charge in [0, 0.05) is 25.7 Å². The van der Waals surface area contributed by atoms with Gasteiger partial charge < -0.3 is 31.9 Å². The zero-order chi connectivity index (χ0) is 25.1. The molecule has 0 aromatic heterocycles. The molecule has 2 aliphatic rings. The minimum Gasteiger partial charge on any atom is -0.508 e. The number of hydrogen-bond acceptors (Lipinski definition) is 7. The molecule has 0 spiro atoms. The molecule has 0 radical (unpaired) electrons. The molecule has 1 aromatic rings. The zero-order valence-electron chi connectivity index (χ0n) is 19.7. The molecule has 1 saturated heterocycles. The largest absolute Gasteiger partial charge is 0.508 e. The number of phenolic OH excluding ortho intramolecular Hbond substituents is 1. The number of amides is 1. The van der Waals surface area contributed by atoms with E-state index in [1.807, 2.05) is 6.07 Å². The van der Waals surface area contributed by atoms with Gasteiger partial charge >= 0.3 is 0 Å². The van der Waals surface area contributed by atoms with Crippen LogP contribution in [0.4, 0.5) is 0 Å². The lowest BCUT2D eigenvalue weighted by Gasteiger charge is -2.37. The molecule has 1 aromatic carbocycles. The first-order valence-electron chi connectivity index (χ1n) is 11.7. The van der Waals surface area contributed by atoms with Crippen LogP contribution in [0.2, 0.25) is 5.02 Å². The van der Waals surface area contributed by atoms with Crippen LogP contribution in [0.15, 0.2) is 41.9 Å². The molecule has 2 atom stereocenters. The van der Waals surface area contributed by atoms with Gasteiger partial charge in [0.25, 0.3) is 5.91 Å². The minimum absolute atomic E-state index is 0.0731. The van der Waals surface area contributed by atoms with Crippen LogP contribution in [0.3, 0.4) is 0 Å². The second kappa shape index (κ2) is 13.7. The number of carbonyl (C=O) groups excluding carboxylic acids is 1. The Kier molecular flexibility index (Phi) is 11.0. The SMILES string of the molecule is CC1CN(/C(N)=C/C=C(\N)C(=O)NC2CCCCC2)CCC1CO.N#Cc1ccc(O)cc1Cl. The number of nitrogens with two attached hydrogens (primary N) is 2. The first kappa shape index (κ1) is 27.4. The number of aliphatic hydroxyl groups is 1. The number of benzene rings is 1. The van der Waals surface area contributed by atoms with Crippen molar-refractivity contribution in [1.29, 1.82) is 5.26 Å². The summed E-state index contributed by atoms with van der Waals surface area (Å²) in [7, 11) is 0. The Morgan fingerprint density at radius 2 is 1.97 bits per heavy atom. The maximum atomic E-state index is 12.1. The van der Waals surface area contributed by atoms with Crippen molar-refractivity contribution in [3.63, 3.8) is 0 Å². The van der Waals surface area contributed by atoms with E-state index in [2.05, 4.69) is 17.1 Å². The van der Waals surface area contributed by atoms with E-state index in [9.17, 15) is 9.90 Å². The third kappa shape index (κ3) is 8.47. The normalized spacial score (nSPS) is 21.8. The predicted octanol–water partition coefficient (Wildman–Crippen LogP) is 2.95. The van der Waals surface area contributed by atoms with Crippen LogP contribution < -0.4 is 16.8 Å². The molecular formula is C25H36ClN5O3. The fraction of sp³-hybridized carbons (Fsp3) is 0.520. The van der Waals surface area contributed by atoms with Crippen LogP contribution in [-0.4, -0.2) is 46.8 Å². The third-order valence-corrected chi connectivity index (χ3v) is 6.70. The number of halogens is 1. The highest BCUT2D eigenvalue weighted by atomic mass is 35.5. The molecule has 34 heavy (non-hydrogen) atoms. The summed E-state index contributed by atoms with van der Waals surface area (Å²) >= 11 is 5.55. The average molecular weight is 490 g/mol. The van der Waals surface area contributed by atoms with Crippen molar-refractivity contribution in [3.8, 4) is 11.8 Å². The summed E-state index contributed by atoms with van der Waals surface area (Å²) in [6, 6.07) is 6.35. The molecule has 1 amide bonds. The summed E-state index contributed by atoms with van der Waals surface area (Å²) in [4.78, 5) is 14.2. The second-order valence-corrected chi connectivity index (χ2v) is 9.36. The molecule has 1 aliphatic carbocycles. The average Bonchev–Trinajstić information content (AvgIpc) is 2.83. The van der Waals surface area contributed by atoms with E-state index in [1.54, 1.807) is 12.2 Å². The van der Waals surface area contributed by atoms with E-state index in [0.29, 0.717) is 23.2 Å². The van der Waals surface area contributed by atoms with Gasteiger partial charge in [-0.25, -0.2) is 0 Å². The topological polar surface area (TPSA) is 149 Å². The molecule has 7 N–H and O–H groups in total. The van der Waals surface area contributed by atoms with Crippen molar-refractivity contribution >= 4 is 17.5 Å². The van der Waals surface area contributed by atoms with E-state index in [-0.39, 0.29) is 35.0 Å². The van der Waals surface area contributed by atoms with Crippen molar-refractivity contribution in [2.24, 2.45) is 23.3 Å². The van der Waals surface area contributed by atoms with Gasteiger partial charge in [0.2, 0.25) is 0 Å². The van der Waals surface area contributed by atoms with Crippen molar-refractivity contribution in [3.05, 3.63) is 52.5 Å². The van der Waals surface area contributed by atoms with Gasteiger partial charge in [-0.2, -0.15) is 5.26 Å². The van der Waals surface area contributed by atoms with Gasteiger partial charge in [0.1, 0.15) is 11.8 Å². The lowest BCUT2D eigenvalue weighted by molar-refractivity contribution is -0.118. The molecule has 2 unspecified atom stereocenters. The molecule has 0 bridgehead atoms. The second-order valence-electron chi connectivity index (χ2n) is 8.95. The minimum atomic E-state index is -0.210. The molecule has 1 heterocycles. The van der Waals surface area contributed by atoms with Crippen LogP contribution in [0.25, 0.3) is 0 Å². The van der Waals surface area contributed by atoms with Crippen LogP contribution in [0.5, 0.6) is 5.75 Å². The van der Waals surface area contributed by atoms with Gasteiger partial charge in [-0.3, -0.25) is 4.79 Å². The van der Waals surface area contributed by atoms with Gasteiger partial charge in [-0.05, 0) is 61.4 Å². The number of piperidine rings is 1. The zero-order valence-corrected chi connectivity index (χ0v) is 20.5. The van der Waals surface area contributed by atoms with Gasteiger partial charge in [0.05, 0.1) is 22.1 Å². The predicted molar refractivity (Wildman–Crippen MR) is 133 cm³/mol. The maximum absolute atomic E-state index is 12.1. The Balaban J connectivity index is 0.000000340. The van der Waals surface area contributed by atoms with E-state index in [1.165, 1.54) is 37.5 Å². The summed E-state index contributed by atoms with van der Waals surface area (Å²) in [6.45, 7) is 3.99. The number of allylic oxidation sites excluding steroid dienone is 2. The Morgan fingerprint density at radius 3 is 2.56 bits per heavy atom. The van der Waals surface area contributed by atoms with E-state index in [0.717, 1.165) is 32.4 Å². The fourth-order valence-corrected chi connectivity index (χ4v) is 4.38. The molecule has 3 rings (SSSR count). The Hall–Kier alpha value is -2.89. The Bertz CT molecular complexity index is 922. The van der Waals surface area contributed by atoms with Crippen molar-refractivity contribution in [1.82, 2.24) is 10.2 Å². The number of hydrogen-bond donors (Lipinski definition) is 5. The molecule has 1 saturated carbocycles. The number of nitrogens with one attached hydrogen (secondary N) is 1. The van der Waals surface area contributed by atoms with Gasteiger partial charge in [-0.15, -0.1) is 0 Å². The quantitative estimate of drug-likeness (QED) is 0.315. The van der Waals surface area contributed by atoms with E-state index in [4.69, 9.17) is 33.4 Å². The van der Waals surface area contributed by atoms with Crippen LogP contribution in [-0.2, 0) is 4.79 Å². The highest BCUT2D eigenvalue weighted by Crippen LogP contribution is 2.24. The maximum Gasteiger partial charge on any atom is 0.267 e. The monoisotopic (exact) mass is 489 g/mol. The smallest absolute Gasteiger partial charge is 0.267 e. The number of aromatic hydroxyl groups is 1. The first-order chi connectivity index (χ1) is 16.2. The number of nitrogens with zero attached hydrogens (tertiary/aromatic N) is 2. The number of aliphatic hydroxyl groups excluding tert-OH is 1. The molecule has 9 heteroatoms. The lowest BCUT2D eigenvalue weighted by atomic mass is 9.87. The summed E-state index contributed by atoms with van der Waals surface area (Å²) in [5.41, 5.74) is 12.6. The molecular weight excluding hydrogens is 454 g/mol. The van der Waals surface area contributed by atoms with Crippen molar-refractivity contribution in [2.45, 2.75) is 51.5 Å². The first-order valence-corrected chi connectivity index (χ1v) is 12.1. The van der Waals surface area contributed by atoms with E-state index >= 15 is 0 Å². The standard InChI is InChI=1S/C18H32N4O2.C7H4ClNO/c1-13-11-22(10-9-14(13)12-23)17(20)8-7-16(19)18(24)21-15-5-3-2-4-6-15;8-7-3-6(10)2-1-5(7)4-9/h7-8,13-15,23H,2-6,9-12,19-20H2,1H3,(H,21,24);1-3,10H/b16-7-,17-8+;. The molecule has 1 aliphatic heterocycles. The molecule has 2 fully saturated rings. The highest BCUT2D eigenvalue weighted by Gasteiger charge is 2.25. The lowest BCUT2D eigenvalue weighted by Crippen LogP contribution is -2.41. The van der Waals surface area contributed by atoms with Crippen LogP contribution in [0.1, 0.15) is 51.0 Å². The number of carbonyl (C=O) groups is 1. The molecule has 186 valence electrons. The van der Waals surface area contributed by atoms with E-state index < -0.39 is 0 Å².